The summed E-state index contributed by atoms with van der Waals surface area (Å²) in [6, 6.07) is 5.28. The monoisotopic (exact) mass is 223 g/mol. The first-order valence-corrected chi connectivity index (χ1v) is 4.28. The number of para-hydroxylation sites is 1. The average Bonchev–Trinajstić information content (AvgIpc) is 2.26. The standard InChI is InChI=1S/C9H9N3O4/c1-6(13)11(10)9(14)7-4-2-3-5-8(7)12(15)16/h2-5H,10H2,1H3. The van der Waals surface area contributed by atoms with Gasteiger partial charge in [-0.2, -0.15) is 0 Å². The summed E-state index contributed by atoms with van der Waals surface area (Å²) in [5.41, 5.74) is -0.602. The third-order valence-electron chi connectivity index (χ3n) is 1.89. The van der Waals surface area contributed by atoms with E-state index in [1.54, 1.807) is 0 Å². The van der Waals surface area contributed by atoms with Crippen molar-refractivity contribution in [1.82, 2.24) is 5.01 Å². The van der Waals surface area contributed by atoms with E-state index in [1.165, 1.54) is 24.3 Å². The van der Waals surface area contributed by atoms with E-state index in [1.807, 2.05) is 0 Å². The molecule has 0 saturated carbocycles. The molecule has 0 bridgehead atoms. The van der Waals surface area contributed by atoms with E-state index in [0.29, 0.717) is 5.01 Å². The van der Waals surface area contributed by atoms with Gasteiger partial charge < -0.3 is 0 Å². The molecule has 0 aliphatic rings. The molecular weight excluding hydrogens is 214 g/mol. The van der Waals surface area contributed by atoms with E-state index < -0.39 is 16.7 Å². The molecule has 2 amide bonds. The zero-order valence-corrected chi connectivity index (χ0v) is 8.41. The zero-order chi connectivity index (χ0) is 12.3. The van der Waals surface area contributed by atoms with Crippen LogP contribution in [0.1, 0.15) is 17.3 Å². The predicted molar refractivity (Wildman–Crippen MR) is 54.1 cm³/mol. The lowest BCUT2D eigenvalue weighted by atomic mass is 10.1. The Hall–Kier alpha value is -2.28. The Labute approximate surface area is 90.6 Å². The van der Waals surface area contributed by atoms with Crippen LogP contribution in [0.2, 0.25) is 0 Å². The largest absolute Gasteiger partial charge is 0.282 e. The van der Waals surface area contributed by atoms with Gasteiger partial charge in [0.1, 0.15) is 5.56 Å². The summed E-state index contributed by atoms with van der Waals surface area (Å²) in [6.07, 6.45) is 0. The minimum Gasteiger partial charge on any atom is -0.273 e. The summed E-state index contributed by atoms with van der Waals surface area (Å²) in [5.74, 6) is 3.58. The van der Waals surface area contributed by atoms with E-state index >= 15 is 0 Å². The van der Waals surface area contributed by atoms with Gasteiger partial charge in [-0.25, -0.2) is 10.9 Å². The molecule has 0 spiro atoms. The summed E-state index contributed by atoms with van der Waals surface area (Å²) in [5, 5.41) is 11.0. The van der Waals surface area contributed by atoms with Crippen molar-refractivity contribution in [1.29, 1.82) is 0 Å². The molecule has 0 fully saturated rings. The highest BCUT2D eigenvalue weighted by Crippen LogP contribution is 2.18. The molecule has 1 aromatic carbocycles. The summed E-state index contributed by atoms with van der Waals surface area (Å²) in [6.45, 7) is 1.09. The number of hydrogen-bond donors (Lipinski definition) is 1. The van der Waals surface area contributed by atoms with E-state index in [0.717, 1.165) is 6.92 Å². The van der Waals surface area contributed by atoms with Crippen LogP contribution in [-0.4, -0.2) is 21.7 Å². The molecule has 2 N–H and O–H groups in total. The van der Waals surface area contributed by atoms with E-state index in [2.05, 4.69) is 0 Å². The smallest absolute Gasteiger partial charge is 0.273 e. The number of nitro benzene ring substituents is 1. The molecule has 84 valence electrons. The van der Waals surface area contributed by atoms with Crippen molar-refractivity contribution in [2.45, 2.75) is 6.92 Å². The zero-order valence-electron chi connectivity index (χ0n) is 8.41. The van der Waals surface area contributed by atoms with Crippen LogP contribution in [-0.2, 0) is 4.79 Å². The molecule has 16 heavy (non-hydrogen) atoms. The van der Waals surface area contributed by atoms with Crippen LogP contribution in [0, 0.1) is 10.1 Å². The molecule has 0 radical (unpaired) electrons. The number of nitrogens with zero attached hydrogens (tertiary/aromatic N) is 2. The maximum Gasteiger partial charge on any atom is 0.282 e. The van der Waals surface area contributed by atoms with Crippen molar-refractivity contribution < 1.29 is 14.5 Å². The Balaban J connectivity index is 3.18. The average molecular weight is 223 g/mol. The molecule has 0 heterocycles. The number of hydrogen-bond acceptors (Lipinski definition) is 5. The lowest BCUT2D eigenvalue weighted by molar-refractivity contribution is -0.385. The van der Waals surface area contributed by atoms with Gasteiger partial charge >= 0.3 is 0 Å². The number of nitro groups is 1. The second-order valence-corrected chi connectivity index (χ2v) is 2.97. The topological polar surface area (TPSA) is 107 Å². The Bertz CT molecular complexity index is 458. The van der Waals surface area contributed by atoms with E-state index in [4.69, 9.17) is 5.84 Å². The van der Waals surface area contributed by atoms with E-state index in [9.17, 15) is 19.7 Å². The van der Waals surface area contributed by atoms with Crippen molar-refractivity contribution in [3.63, 3.8) is 0 Å². The van der Waals surface area contributed by atoms with Gasteiger partial charge in [-0.3, -0.25) is 19.7 Å². The lowest BCUT2D eigenvalue weighted by Crippen LogP contribution is -2.41. The first-order valence-electron chi connectivity index (χ1n) is 4.28. The summed E-state index contributed by atoms with van der Waals surface area (Å²) in [4.78, 5) is 32.4. The van der Waals surface area contributed by atoms with Crippen LogP contribution < -0.4 is 5.84 Å². The Kier molecular flexibility index (Phi) is 3.31. The number of carbonyl (C=O) groups excluding carboxylic acids is 2. The van der Waals surface area contributed by atoms with Gasteiger partial charge in [0.2, 0.25) is 5.91 Å². The lowest BCUT2D eigenvalue weighted by Gasteiger charge is -2.11. The van der Waals surface area contributed by atoms with Crippen LogP contribution in [0.4, 0.5) is 5.69 Å². The highest BCUT2D eigenvalue weighted by molar-refractivity contribution is 6.05. The fourth-order valence-corrected chi connectivity index (χ4v) is 1.09. The molecular formula is C9H9N3O4. The van der Waals surface area contributed by atoms with Gasteiger partial charge in [0.05, 0.1) is 4.92 Å². The Morgan fingerprint density at radius 3 is 2.44 bits per heavy atom. The van der Waals surface area contributed by atoms with Crippen LogP contribution in [0.15, 0.2) is 24.3 Å². The fourth-order valence-electron chi connectivity index (χ4n) is 1.09. The molecule has 1 aromatic rings. The van der Waals surface area contributed by atoms with Crippen LogP contribution in [0.25, 0.3) is 0 Å². The van der Waals surface area contributed by atoms with Gasteiger partial charge in [-0.05, 0) is 6.07 Å². The van der Waals surface area contributed by atoms with Crippen molar-refractivity contribution in [3.05, 3.63) is 39.9 Å². The predicted octanol–water partition coefficient (Wildman–Crippen LogP) is 0.457. The van der Waals surface area contributed by atoms with Crippen molar-refractivity contribution >= 4 is 17.5 Å². The number of benzene rings is 1. The van der Waals surface area contributed by atoms with Crippen molar-refractivity contribution in [2.75, 3.05) is 0 Å². The number of hydrazine groups is 1. The number of rotatable bonds is 2. The van der Waals surface area contributed by atoms with Gasteiger partial charge in [-0.1, -0.05) is 12.1 Å². The highest BCUT2D eigenvalue weighted by atomic mass is 16.6. The van der Waals surface area contributed by atoms with Crippen LogP contribution in [0.3, 0.4) is 0 Å². The fraction of sp³-hybridized carbons (Fsp3) is 0.111. The maximum absolute atomic E-state index is 11.6. The minimum atomic E-state index is -0.903. The first-order chi connectivity index (χ1) is 7.45. The van der Waals surface area contributed by atoms with E-state index in [-0.39, 0.29) is 11.3 Å². The quantitative estimate of drug-likeness (QED) is 0.339. The molecule has 0 unspecified atom stereocenters. The summed E-state index contributed by atoms with van der Waals surface area (Å²) >= 11 is 0. The van der Waals surface area contributed by atoms with Gasteiger partial charge in [0.25, 0.3) is 11.6 Å². The van der Waals surface area contributed by atoms with Gasteiger partial charge in [0.15, 0.2) is 0 Å². The third-order valence-corrected chi connectivity index (χ3v) is 1.89. The molecule has 7 nitrogen and oxygen atoms in total. The van der Waals surface area contributed by atoms with Crippen LogP contribution >= 0.6 is 0 Å². The second kappa shape index (κ2) is 4.49. The first kappa shape index (κ1) is 11.8. The van der Waals surface area contributed by atoms with Crippen LogP contribution in [0.5, 0.6) is 0 Å². The maximum atomic E-state index is 11.6. The highest BCUT2D eigenvalue weighted by Gasteiger charge is 2.24. The summed E-state index contributed by atoms with van der Waals surface area (Å²) < 4.78 is 0. The second-order valence-electron chi connectivity index (χ2n) is 2.97. The van der Waals surface area contributed by atoms with Gasteiger partial charge in [0, 0.05) is 13.0 Å². The van der Waals surface area contributed by atoms with Crippen molar-refractivity contribution in [3.8, 4) is 0 Å². The molecule has 0 aliphatic carbocycles. The number of carbonyl (C=O) groups is 2. The van der Waals surface area contributed by atoms with Crippen molar-refractivity contribution in [2.24, 2.45) is 5.84 Å². The number of imide groups is 1. The molecule has 0 saturated heterocycles. The SMILES string of the molecule is CC(=O)N(N)C(=O)c1ccccc1[N+](=O)[O-]. The Morgan fingerprint density at radius 1 is 1.38 bits per heavy atom. The third kappa shape index (κ3) is 2.20. The molecule has 0 atom stereocenters. The number of amides is 2. The molecule has 0 aromatic heterocycles. The normalized spacial score (nSPS) is 9.62. The molecule has 7 heteroatoms. The number of nitrogens with two attached hydrogens (primary N) is 1. The minimum absolute atomic E-state index is 0.217. The van der Waals surface area contributed by atoms with Gasteiger partial charge in [-0.15, -0.1) is 0 Å². The molecule has 1 rings (SSSR count). The Morgan fingerprint density at radius 2 is 1.94 bits per heavy atom. The summed E-state index contributed by atoms with van der Waals surface area (Å²) in [7, 11) is 0. The molecule has 0 aliphatic heterocycles.